The molecule has 0 aromatic carbocycles. The fraction of sp³-hybridized carbons (Fsp3) is 0.909. The smallest absolute Gasteiger partial charge is 0.139 e. The number of aliphatic hydroxyl groups is 1. The van der Waals surface area contributed by atoms with Crippen molar-refractivity contribution in [2.45, 2.75) is 38.2 Å². The summed E-state index contributed by atoms with van der Waals surface area (Å²) in [4.78, 5) is 0. The van der Waals surface area contributed by atoms with Gasteiger partial charge in [-0.05, 0) is 37.0 Å². The van der Waals surface area contributed by atoms with E-state index in [2.05, 4.69) is 10.5 Å². The Morgan fingerprint density at radius 1 is 1.50 bits per heavy atom. The van der Waals surface area contributed by atoms with Crippen LogP contribution in [0.3, 0.4) is 0 Å². The Morgan fingerprint density at radius 3 is 2.69 bits per heavy atom. The third kappa shape index (κ3) is 3.09. The van der Waals surface area contributed by atoms with Gasteiger partial charge in [-0.3, -0.25) is 0 Å². The van der Waals surface area contributed by atoms with Crippen molar-refractivity contribution in [2.75, 3.05) is 13.1 Å². The summed E-state index contributed by atoms with van der Waals surface area (Å²) in [6.45, 7) is 1.52. The van der Waals surface area contributed by atoms with E-state index in [-0.39, 0.29) is 11.5 Å². The molecule has 0 bridgehead atoms. The molecule has 0 heterocycles. The van der Waals surface area contributed by atoms with E-state index in [9.17, 15) is 5.11 Å². The number of oxime groups is 1. The van der Waals surface area contributed by atoms with Gasteiger partial charge in [-0.15, -0.1) is 0 Å². The van der Waals surface area contributed by atoms with Crippen LogP contribution in [0, 0.1) is 11.3 Å². The summed E-state index contributed by atoms with van der Waals surface area (Å²) in [5, 5.41) is 24.5. The van der Waals surface area contributed by atoms with Gasteiger partial charge in [0.05, 0.1) is 6.10 Å². The lowest BCUT2D eigenvalue weighted by molar-refractivity contribution is 0.147. The highest BCUT2D eigenvalue weighted by Crippen LogP contribution is 2.48. The molecular formula is C11H21N3O2. The Balaban J connectivity index is 1.64. The van der Waals surface area contributed by atoms with Crippen LogP contribution in [0.15, 0.2) is 5.16 Å². The molecule has 0 amide bonds. The summed E-state index contributed by atoms with van der Waals surface area (Å²) in [6, 6.07) is 0. The van der Waals surface area contributed by atoms with Crippen LogP contribution in [0.2, 0.25) is 0 Å². The van der Waals surface area contributed by atoms with E-state index in [1.807, 2.05) is 0 Å². The second-order valence-electron chi connectivity index (χ2n) is 5.30. The fourth-order valence-electron chi connectivity index (χ4n) is 2.15. The highest BCUT2D eigenvalue weighted by Gasteiger charge is 2.43. The van der Waals surface area contributed by atoms with Gasteiger partial charge in [-0.2, -0.15) is 0 Å². The van der Waals surface area contributed by atoms with Crippen molar-refractivity contribution in [3.8, 4) is 0 Å². The topological polar surface area (TPSA) is 90.9 Å². The van der Waals surface area contributed by atoms with Crippen molar-refractivity contribution in [2.24, 2.45) is 22.2 Å². The molecule has 0 radical (unpaired) electrons. The van der Waals surface area contributed by atoms with Crippen molar-refractivity contribution in [1.82, 2.24) is 5.32 Å². The quantitative estimate of drug-likeness (QED) is 0.217. The molecule has 1 atom stereocenters. The van der Waals surface area contributed by atoms with E-state index in [4.69, 9.17) is 10.9 Å². The van der Waals surface area contributed by atoms with Gasteiger partial charge in [0.15, 0.2) is 0 Å². The molecule has 0 aromatic heterocycles. The zero-order valence-electron chi connectivity index (χ0n) is 9.52. The lowest BCUT2D eigenvalue weighted by Crippen LogP contribution is -2.34. The molecule has 2 aliphatic rings. The van der Waals surface area contributed by atoms with E-state index in [1.54, 1.807) is 0 Å². The van der Waals surface area contributed by atoms with Gasteiger partial charge < -0.3 is 21.4 Å². The zero-order chi connectivity index (χ0) is 11.6. The Hall–Kier alpha value is -0.810. The Morgan fingerprint density at radius 2 is 2.19 bits per heavy atom. The van der Waals surface area contributed by atoms with Gasteiger partial charge in [0, 0.05) is 19.5 Å². The third-order valence-electron chi connectivity index (χ3n) is 3.66. The number of hydrogen-bond acceptors (Lipinski definition) is 4. The summed E-state index contributed by atoms with van der Waals surface area (Å²) in [7, 11) is 0. The first-order valence-electron chi connectivity index (χ1n) is 6.00. The monoisotopic (exact) mass is 227 g/mol. The van der Waals surface area contributed by atoms with Crippen LogP contribution in [-0.4, -0.2) is 35.3 Å². The molecule has 16 heavy (non-hydrogen) atoms. The normalized spacial score (nSPS) is 25.4. The van der Waals surface area contributed by atoms with Crippen LogP contribution >= 0.6 is 0 Å². The minimum Gasteiger partial charge on any atom is -0.409 e. The molecule has 5 N–H and O–H groups in total. The number of nitrogens with one attached hydrogen (secondary N) is 1. The first kappa shape index (κ1) is 11.7. The SMILES string of the molecule is NC(CC1(CNCC(O)C2CC2)CC1)=NO. The lowest BCUT2D eigenvalue weighted by Gasteiger charge is -2.17. The van der Waals surface area contributed by atoms with Crippen molar-refractivity contribution in [3.05, 3.63) is 0 Å². The second kappa shape index (κ2) is 4.59. The van der Waals surface area contributed by atoms with Crippen LogP contribution in [0.5, 0.6) is 0 Å². The fourth-order valence-corrected chi connectivity index (χ4v) is 2.15. The summed E-state index contributed by atoms with van der Waals surface area (Å²) in [5.41, 5.74) is 5.69. The third-order valence-corrected chi connectivity index (χ3v) is 3.66. The summed E-state index contributed by atoms with van der Waals surface area (Å²) in [6.07, 6.45) is 5.03. The van der Waals surface area contributed by atoms with Crippen molar-refractivity contribution in [1.29, 1.82) is 0 Å². The number of nitrogens with two attached hydrogens (primary N) is 1. The molecule has 0 saturated heterocycles. The Labute approximate surface area is 95.7 Å². The first-order chi connectivity index (χ1) is 7.65. The predicted octanol–water partition coefficient (Wildman–Crippen LogP) is 0.264. The molecule has 0 spiro atoms. The van der Waals surface area contributed by atoms with Crippen LogP contribution in [0.25, 0.3) is 0 Å². The summed E-state index contributed by atoms with van der Waals surface area (Å²) < 4.78 is 0. The molecule has 2 saturated carbocycles. The molecular weight excluding hydrogens is 206 g/mol. The number of aliphatic hydroxyl groups excluding tert-OH is 1. The highest BCUT2D eigenvalue weighted by atomic mass is 16.4. The van der Waals surface area contributed by atoms with Crippen molar-refractivity contribution < 1.29 is 10.3 Å². The van der Waals surface area contributed by atoms with Crippen LogP contribution in [0.1, 0.15) is 32.1 Å². The average Bonchev–Trinajstić information content (AvgIpc) is 3.12. The molecule has 0 aliphatic heterocycles. The minimum absolute atomic E-state index is 0.180. The van der Waals surface area contributed by atoms with Gasteiger partial charge in [-0.25, -0.2) is 0 Å². The van der Waals surface area contributed by atoms with Gasteiger partial charge >= 0.3 is 0 Å². The predicted molar refractivity (Wildman–Crippen MR) is 61.3 cm³/mol. The van der Waals surface area contributed by atoms with Crippen LogP contribution in [0.4, 0.5) is 0 Å². The summed E-state index contributed by atoms with van der Waals surface area (Å²) >= 11 is 0. The molecule has 1 unspecified atom stereocenters. The molecule has 5 nitrogen and oxygen atoms in total. The number of amidine groups is 1. The van der Waals surface area contributed by atoms with Crippen LogP contribution in [-0.2, 0) is 0 Å². The lowest BCUT2D eigenvalue weighted by atomic mass is 10.0. The molecule has 2 fully saturated rings. The Bertz CT molecular complexity index is 272. The summed E-state index contributed by atoms with van der Waals surface area (Å²) in [5.74, 6) is 0.828. The maximum Gasteiger partial charge on any atom is 0.139 e. The molecule has 92 valence electrons. The average molecular weight is 227 g/mol. The molecule has 2 rings (SSSR count). The van der Waals surface area contributed by atoms with E-state index in [1.165, 1.54) is 0 Å². The number of nitrogens with zero attached hydrogens (tertiary/aromatic N) is 1. The van der Waals surface area contributed by atoms with Crippen molar-refractivity contribution >= 4 is 5.84 Å². The number of rotatable bonds is 7. The van der Waals surface area contributed by atoms with E-state index >= 15 is 0 Å². The van der Waals surface area contributed by atoms with Gasteiger partial charge in [0.25, 0.3) is 0 Å². The molecule has 2 aliphatic carbocycles. The second-order valence-corrected chi connectivity index (χ2v) is 5.30. The number of hydrogen-bond donors (Lipinski definition) is 4. The van der Waals surface area contributed by atoms with E-state index in [0.717, 1.165) is 32.2 Å². The largest absolute Gasteiger partial charge is 0.409 e. The molecule has 0 aromatic rings. The minimum atomic E-state index is -0.195. The Kier molecular flexibility index (Phi) is 3.35. The molecule has 5 heteroatoms. The first-order valence-corrected chi connectivity index (χ1v) is 6.00. The maximum absolute atomic E-state index is 9.68. The van der Waals surface area contributed by atoms with Gasteiger partial charge in [0.1, 0.15) is 5.84 Å². The van der Waals surface area contributed by atoms with Gasteiger partial charge in [-0.1, -0.05) is 5.16 Å². The van der Waals surface area contributed by atoms with E-state index in [0.29, 0.717) is 24.7 Å². The van der Waals surface area contributed by atoms with Gasteiger partial charge in [0.2, 0.25) is 0 Å². The highest BCUT2D eigenvalue weighted by molar-refractivity contribution is 5.80. The standard InChI is InChI=1S/C11H21N3O2/c12-10(14-16)5-11(3-4-11)7-13-6-9(15)8-1-2-8/h8-9,13,15-16H,1-7H2,(H2,12,14). The van der Waals surface area contributed by atoms with Crippen LogP contribution < -0.4 is 11.1 Å². The van der Waals surface area contributed by atoms with Crippen molar-refractivity contribution in [3.63, 3.8) is 0 Å². The van der Waals surface area contributed by atoms with E-state index < -0.39 is 0 Å². The zero-order valence-corrected chi connectivity index (χ0v) is 9.52. The maximum atomic E-state index is 9.68.